The maximum absolute atomic E-state index is 6.24. The van der Waals surface area contributed by atoms with Gasteiger partial charge in [0.1, 0.15) is 11.9 Å². The molecule has 0 aliphatic carbocycles. The summed E-state index contributed by atoms with van der Waals surface area (Å²) in [6.45, 7) is 5.31. The molecule has 2 fully saturated rings. The Kier molecular flexibility index (Phi) is 6.06. The summed E-state index contributed by atoms with van der Waals surface area (Å²) in [5, 5.41) is 7.55. The predicted octanol–water partition coefficient (Wildman–Crippen LogP) is 3.32. The first kappa shape index (κ1) is 20.6. The Morgan fingerprint density at radius 2 is 1.91 bits per heavy atom. The zero-order valence-electron chi connectivity index (χ0n) is 18.0. The SMILES string of the molecule is C#Cc1cc2cnc(Nc3ccc(N4CCOCC4)cc3)nc2cc1OC1CCNCC1. The Hall–Kier alpha value is -3.34. The summed E-state index contributed by atoms with van der Waals surface area (Å²) in [6.07, 6.45) is 9.65. The van der Waals surface area contributed by atoms with Gasteiger partial charge in [-0.1, -0.05) is 5.92 Å². The number of nitrogens with one attached hydrogen (secondary N) is 2. The van der Waals surface area contributed by atoms with E-state index in [1.54, 1.807) is 6.20 Å². The van der Waals surface area contributed by atoms with E-state index in [0.717, 1.165) is 74.4 Å². The largest absolute Gasteiger partial charge is 0.489 e. The van der Waals surface area contributed by atoms with Gasteiger partial charge in [-0.25, -0.2) is 9.97 Å². The number of rotatable bonds is 5. The minimum Gasteiger partial charge on any atom is -0.489 e. The number of morpholine rings is 1. The molecular formula is C25H27N5O2. The number of benzene rings is 2. The van der Waals surface area contributed by atoms with E-state index in [2.05, 4.69) is 38.6 Å². The third-order valence-electron chi connectivity index (χ3n) is 5.92. The Balaban J connectivity index is 1.34. The number of piperidine rings is 1. The minimum atomic E-state index is 0.171. The molecular weight excluding hydrogens is 402 g/mol. The Morgan fingerprint density at radius 1 is 1.12 bits per heavy atom. The first-order valence-corrected chi connectivity index (χ1v) is 11.1. The standard InChI is InChI=1S/C25H27N5O2/c1-2-18-15-19-17-27-25(29-23(19)16-24(18)32-22-7-9-26-10-8-22)28-20-3-5-21(6-4-20)30-11-13-31-14-12-30/h1,3-6,15-17,22,26H,7-14H2,(H,27,28,29). The molecule has 0 saturated carbocycles. The molecule has 1 aromatic heterocycles. The highest BCUT2D eigenvalue weighted by Gasteiger charge is 2.17. The summed E-state index contributed by atoms with van der Waals surface area (Å²) in [5.74, 6) is 3.99. The van der Waals surface area contributed by atoms with Crippen LogP contribution in [0.15, 0.2) is 42.6 Å². The van der Waals surface area contributed by atoms with E-state index in [0.29, 0.717) is 11.7 Å². The van der Waals surface area contributed by atoms with Crippen molar-refractivity contribution in [2.24, 2.45) is 0 Å². The van der Waals surface area contributed by atoms with E-state index in [1.807, 2.05) is 24.3 Å². The Morgan fingerprint density at radius 3 is 2.66 bits per heavy atom. The molecule has 0 radical (unpaired) electrons. The van der Waals surface area contributed by atoms with Crippen LogP contribution in [0.3, 0.4) is 0 Å². The number of fused-ring (bicyclic) bond motifs is 1. The molecule has 3 heterocycles. The van der Waals surface area contributed by atoms with Gasteiger partial charge in [-0.3, -0.25) is 0 Å². The fourth-order valence-electron chi connectivity index (χ4n) is 4.13. The lowest BCUT2D eigenvalue weighted by atomic mass is 10.1. The van der Waals surface area contributed by atoms with Crippen LogP contribution in [-0.4, -0.2) is 55.5 Å². The van der Waals surface area contributed by atoms with Crippen molar-refractivity contribution in [1.82, 2.24) is 15.3 Å². The van der Waals surface area contributed by atoms with Crippen molar-refractivity contribution >= 4 is 28.2 Å². The topological polar surface area (TPSA) is 71.5 Å². The van der Waals surface area contributed by atoms with Crippen molar-refractivity contribution in [2.75, 3.05) is 49.6 Å². The second-order valence-corrected chi connectivity index (χ2v) is 8.08. The number of anilines is 3. The minimum absolute atomic E-state index is 0.171. The van der Waals surface area contributed by atoms with Crippen LogP contribution < -0.4 is 20.3 Å². The highest BCUT2D eigenvalue weighted by Crippen LogP contribution is 2.28. The molecule has 0 bridgehead atoms. The first-order chi connectivity index (χ1) is 15.8. The number of ether oxygens (including phenoxy) is 2. The van der Waals surface area contributed by atoms with Gasteiger partial charge < -0.3 is 25.0 Å². The van der Waals surface area contributed by atoms with Crippen LogP contribution in [0.4, 0.5) is 17.3 Å². The van der Waals surface area contributed by atoms with Gasteiger partial charge in [0.05, 0.1) is 24.3 Å². The second kappa shape index (κ2) is 9.43. The lowest BCUT2D eigenvalue weighted by Gasteiger charge is -2.28. The summed E-state index contributed by atoms with van der Waals surface area (Å²) in [5.41, 5.74) is 3.67. The average molecular weight is 430 g/mol. The third-order valence-corrected chi connectivity index (χ3v) is 5.92. The second-order valence-electron chi connectivity index (χ2n) is 8.08. The van der Waals surface area contributed by atoms with Crippen molar-refractivity contribution in [3.63, 3.8) is 0 Å². The number of nitrogens with zero attached hydrogens (tertiary/aromatic N) is 3. The van der Waals surface area contributed by atoms with Gasteiger partial charge in [-0.15, -0.1) is 6.42 Å². The number of hydrogen-bond acceptors (Lipinski definition) is 7. The molecule has 2 aromatic carbocycles. The lowest BCUT2D eigenvalue weighted by Crippen LogP contribution is -2.36. The molecule has 2 saturated heterocycles. The van der Waals surface area contributed by atoms with Crippen molar-refractivity contribution < 1.29 is 9.47 Å². The van der Waals surface area contributed by atoms with Gasteiger partial charge in [0.2, 0.25) is 5.95 Å². The zero-order chi connectivity index (χ0) is 21.8. The molecule has 0 unspecified atom stereocenters. The van der Waals surface area contributed by atoms with Crippen LogP contribution in [0.25, 0.3) is 10.9 Å². The van der Waals surface area contributed by atoms with Crippen LogP contribution in [0.1, 0.15) is 18.4 Å². The van der Waals surface area contributed by atoms with Gasteiger partial charge in [-0.2, -0.15) is 0 Å². The van der Waals surface area contributed by atoms with Crippen LogP contribution in [0.2, 0.25) is 0 Å². The lowest BCUT2D eigenvalue weighted by molar-refractivity contribution is 0.122. The highest BCUT2D eigenvalue weighted by molar-refractivity contribution is 5.83. The zero-order valence-corrected chi connectivity index (χ0v) is 18.0. The van der Waals surface area contributed by atoms with Crippen molar-refractivity contribution in [1.29, 1.82) is 0 Å². The molecule has 2 aliphatic heterocycles. The summed E-state index contributed by atoms with van der Waals surface area (Å²) < 4.78 is 11.7. The number of hydrogen-bond donors (Lipinski definition) is 2. The van der Waals surface area contributed by atoms with E-state index in [-0.39, 0.29) is 6.10 Å². The quantitative estimate of drug-likeness (QED) is 0.603. The van der Waals surface area contributed by atoms with E-state index in [4.69, 9.17) is 20.9 Å². The van der Waals surface area contributed by atoms with E-state index in [1.165, 1.54) is 5.69 Å². The molecule has 2 N–H and O–H groups in total. The van der Waals surface area contributed by atoms with Gasteiger partial charge in [-0.05, 0) is 56.3 Å². The third kappa shape index (κ3) is 4.62. The van der Waals surface area contributed by atoms with E-state index >= 15 is 0 Å². The van der Waals surface area contributed by atoms with Gasteiger partial charge in [0.25, 0.3) is 0 Å². The summed E-state index contributed by atoms with van der Waals surface area (Å²) in [4.78, 5) is 11.5. The molecule has 164 valence electrons. The summed E-state index contributed by atoms with van der Waals surface area (Å²) >= 11 is 0. The van der Waals surface area contributed by atoms with Crippen molar-refractivity contribution in [3.05, 3.63) is 48.2 Å². The van der Waals surface area contributed by atoms with E-state index in [9.17, 15) is 0 Å². The first-order valence-electron chi connectivity index (χ1n) is 11.1. The maximum atomic E-state index is 6.24. The number of terminal acetylenes is 1. The fourth-order valence-corrected chi connectivity index (χ4v) is 4.13. The Bertz CT molecular complexity index is 1110. The maximum Gasteiger partial charge on any atom is 0.227 e. The molecule has 5 rings (SSSR count). The molecule has 0 amide bonds. The van der Waals surface area contributed by atoms with E-state index < -0.39 is 0 Å². The monoisotopic (exact) mass is 429 g/mol. The molecule has 2 aliphatic rings. The molecule has 3 aromatic rings. The van der Waals surface area contributed by atoms with Gasteiger partial charge >= 0.3 is 0 Å². The molecule has 0 atom stereocenters. The molecule has 0 spiro atoms. The van der Waals surface area contributed by atoms with Crippen LogP contribution in [0, 0.1) is 12.3 Å². The number of aromatic nitrogens is 2. The molecule has 7 nitrogen and oxygen atoms in total. The van der Waals surface area contributed by atoms with Crippen LogP contribution in [-0.2, 0) is 4.74 Å². The summed E-state index contributed by atoms with van der Waals surface area (Å²) in [7, 11) is 0. The Labute approximate surface area is 188 Å². The van der Waals surface area contributed by atoms with Crippen LogP contribution in [0.5, 0.6) is 5.75 Å². The normalized spacial score (nSPS) is 17.2. The van der Waals surface area contributed by atoms with Gasteiger partial charge in [0.15, 0.2) is 0 Å². The van der Waals surface area contributed by atoms with Crippen LogP contribution >= 0.6 is 0 Å². The molecule has 32 heavy (non-hydrogen) atoms. The molecule has 7 heteroatoms. The average Bonchev–Trinajstić information content (AvgIpc) is 2.85. The van der Waals surface area contributed by atoms with Gasteiger partial charge in [0, 0.05) is 42.1 Å². The summed E-state index contributed by atoms with van der Waals surface area (Å²) in [6, 6.07) is 12.2. The predicted molar refractivity (Wildman–Crippen MR) is 127 cm³/mol. The smallest absolute Gasteiger partial charge is 0.227 e. The van der Waals surface area contributed by atoms with Crippen molar-refractivity contribution in [3.8, 4) is 18.1 Å². The highest BCUT2D eigenvalue weighted by atomic mass is 16.5. The fraction of sp³-hybridized carbons (Fsp3) is 0.360. The van der Waals surface area contributed by atoms with Crippen molar-refractivity contribution in [2.45, 2.75) is 18.9 Å².